The minimum Gasteiger partial charge on any atom is -0.268 e. The number of pyridine rings is 1. The van der Waals surface area contributed by atoms with Crippen LogP contribution in [0.25, 0.3) is 40.7 Å². The van der Waals surface area contributed by atoms with Gasteiger partial charge in [-0.15, -0.1) is 0 Å². The van der Waals surface area contributed by atoms with Crippen LogP contribution >= 0.6 is 0 Å². The highest BCUT2D eigenvalue weighted by atomic mass is 16.1. The zero-order valence-corrected chi connectivity index (χ0v) is 13.6. The molecule has 0 saturated heterocycles. The van der Waals surface area contributed by atoms with Crippen LogP contribution in [0, 0.1) is 0 Å². The average molecular weight is 314 g/mol. The number of rotatable bonds is 4. The van der Waals surface area contributed by atoms with Gasteiger partial charge in [0.2, 0.25) is 0 Å². The molecule has 0 aliphatic heterocycles. The number of nitrogens with zero attached hydrogens (tertiary/aromatic N) is 2. The van der Waals surface area contributed by atoms with Gasteiger partial charge in [-0.2, -0.15) is 0 Å². The first-order valence-corrected chi connectivity index (χ1v) is 7.69. The highest BCUT2D eigenvalue weighted by Crippen LogP contribution is 2.18. The van der Waals surface area contributed by atoms with E-state index < -0.39 is 0 Å². The van der Waals surface area contributed by atoms with Crippen LogP contribution in [-0.4, -0.2) is 9.38 Å². The number of hydrogen-bond acceptors (Lipinski definition) is 2. The van der Waals surface area contributed by atoms with Crippen molar-refractivity contribution in [2.45, 2.75) is 6.92 Å². The minimum absolute atomic E-state index is 0.108. The summed E-state index contributed by atoms with van der Waals surface area (Å²) in [6.45, 7) is 13.4. The quantitative estimate of drug-likeness (QED) is 0.733. The third-order valence-electron chi connectivity index (χ3n) is 4.00. The molecule has 0 amide bonds. The fourth-order valence-corrected chi connectivity index (χ4v) is 3.04. The minimum atomic E-state index is -0.108. The van der Waals surface area contributed by atoms with Gasteiger partial charge in [-0.1, -0.05) is 56.2 Å². The zero-order valence-electron chi connectivity index (χ0n) is 13.6. The number of allylic oxidation sites excluding steroid dienone is 2. The molecule has 2 aromatic heterocycles. The molecule has 3 rings (SSSR count). The largest absolute Gasteiger partial charge is 0.268 e. The van der Waals surface area contributed by atoms with E-state index in [1.165, 1.54) is 0 Å². The summed E-state index contributed by atoms with van der Waals surface area (Å²) in [6, 6.07) is 5.63. The third kappa shape index (κ3) is 2.14. The van der Waals surface area contributed by atoms with Gasteiger partial charge in [0.1, 0.15) is 5.65 Å². The standard InChI is InChI=1S/C21H18N2O/c1-5-10-15-19-14(7-3)12-9-13-16(19)21(24)23-18(8-4)17(11-6-2)22-20(15)23/h5-13H,1,3-4H2,2H3/b11-6-,15-10+. The summed E-state index contributed by atoms with van der Waals surface area (Å²) in [6.07, 6.45) is 10.8. The van der Waals surface area contributed by atoms with Gasteiger partial charge in [0.15, 0.2) is 0 Å². The Labute approximate surface area is 140 Å². The van der Waals surface area contributed by atoms with Gasteiger partial charge < -0.3 is 0 Å². The Bertz CT molecular complexity index is 1130. The smallest absolute Gasteiger partial charge is 0.264 e. The summed E-state index contributed by atoms with van der Waals surface area (Å²) >= 11 is 0. The first-order valence-electron chi connectivity index (χ1n) is 7.69. The molecule has 0 saturated carbocycles. The maximum Gasteiger partial charge on any atom is 0.264 e. The van der Waals surface area contributed by atoms with Crippen molar-refractivity contribution in [3.05, 3.63) is 82.6 Å². The maximum absolute atomic E-state index is 13.1. The molecule has 24 heavy (non-hydrogen) atoms. The Morgan fingerprint density at radius 3 is 2.58 bits per heavy atom. The second-order valence-electron chi connectivity index (χ2n) is 5.34. The molecule has 0 bridgehead atoms. The number of fused-ring (bicyclic) bond motifs is 2. The molecule has 3 nitrogen and oxygen atoms in total. The summed E-state index contributed by atoms with van der Waals surface area (Å²) in [4.78, 5) is 17.8. The number of imidazole rings is 1. The van der Waals surface area contributed by atoms with Crippen LogP contribution < -0.4 is 10.8 Å². The van der Waals surface area contributed by atoms with E-state index >= 15 is 0 Å². The molecule has 0 aliphatic carbocycles. The Morgan fingerprint density at radius 2 is 1.96 bits per heavy atom. The molecule has 0 unspecified atom stereocenters. The molecule has 0 N–H and O–H groups in total. The average Bonchev–Trinajstić information content (AvgIpc) is 2.96. The molecule has 0 radical (unpaired) electrons. The highest BCUT2D eigenvalue weighted by Gasteiger charge is 2.16. The molecule has 0 aliphatic rings. The number of benzene rings is 1. The van der Waals surface area contributed by atoms with Crippen LogP contribution in [0.15, 0.2) is 54.9 Å². The van der Waals surface area contributed by atoms with Crippen LogP contribution in [0.4, 0.5) is 0 Å². The van der Waals surface area contributed by atoms with E-state index in [2.05, 4.69) is 24.7 Å². The summed E-state index contributed by atoms with van der Waals surface area (Å²) in [5.74, 6) is 0. The topological polar surface area (TPSA) is 34.4 Å². The number of aromatic nitrogens is 2. The van der Waals surface area contributed by atoms with E-state index in [9.17, 15) is 4.79 Å². The Kier molecular flexibility index (Phi) is 4.00. The van der Waals surface area contributed by atoms with Crippen LogP contribution in [-0.2, 0) is 0 Å². The Morgan fingerprint density at radius 1 is 1.17 bits per heavy atom. The Balaban J connectivity index is 2.76. The SMILES string of the molecule is C=C/C=c1\c2c(C=C)cccc2c(=O)n2c(C=C)c(/C=C\C)nc12. The van der Waals surface area contributed by atoms with E-state index in [-0.39, 0.29) is 5.56 Å². The second-order valence-corrected chi connectivity index (χ2v) is 5.34. The van der Waals surface area contributed by atoms with Crippen molar-refractivity contribution in [2.24, 2.45) is 0 Å². The lowest BCUT2D eigenvalue weighted by molar-refractivity contribution is 1.11. The lowest BCUT2D eigenvalue weighted by Gasteiger charge is -2.06. The highest BCUT2D eigenvalue weighted by molar-refractivity contribution is 5.94. The summed E-state index contributed by atoms with van der Waals surface area (Å²) in [7, 11) is 0. The van der Waals surface area contributed by atoms with Crippen molar-refractivity contribution < 1.29 is 0 Å². The van der Waals surface area contributed by atoms with E-state index in [0.29, 0.717) is 16.7 Å². The van der Waals surface area contributed by atoms with Crippen molar-refractivity contribution in [1.82, 2.24) is 9.38 Å². The van der Waals surface area contributed by atoms with Crippen molar-refractivity contribution in [1.29, 1.82) is 0 Å². The van der Waals surface area contributed by atoms with Gasteiger partial charge >= 0.3 is 0 Å². The molecule has 1 aromatic carbocycles. The fourth-order valence-electron chi connectivity index (χ4n) is 3.04. The molecule has 3 heteroatoms. The van der Waals surface area contributed by atoms with Crippen molar-refractivity contribution in [3.8, 4) is 0 Å². The third-order valence-corrected chi connectivity index (χ3v) is 4.00. The lowest BCUT2D eigenvalue weighted by Crippen LogP contribution is -2.22. The molecule has 118 valence electrons. The zero-order chi connectivity index (χ0) is 17.3. The summed E-state index contributed by atoms with van der Waals surface area (Å²) < 4.78 is 1.62. The maximum atomic E-state index is 13.1. The van der Waals surface area contributed by atoms with Crippen molar-refractivity contribution in [3.63, 3.8) is 0 Å². The molecule has 0 atom stereocenters. The predicted octanol–water partition coefficient (Wildman–Crippen LogP) is 3.85. The normalized spacial score (nSPS) is 12.3. The molecule has 0 spiro atoms. The molecule has 3 aromatic rings. The van der Waals surface area contributed by atoms with Crippen LogP contribution in [0.1, 0.15) is 23.9 Å². The predicted molar refractivity (Wildman–Crippen MR) is 104 cm³/mol. The van der Waals surface area contributed by atoms with Crippen LogP contribution in [0.5, 0.6) is 0 Å². The first-order chi connectivity index (χ1) is 11.7. The fraction of sp³-hybridized carbons (Fsp3) is 0.0476. The van der Waals surface area contributed by atoms with Gasteiger partial charge in [0.05, 0.1) is 11.4 Å². The lowest BCUT2D eigenvalue weighted by atomic mass is 10.0. The van der Waals surface area contributed by atoms with E-state index in [4.69, 9.17) is 0 Å². The Hall–Kier alpha value is -3.20. The van der Waals surface area contributed by atoms with Gasteiger partial charge in [-0.05, 0) is 30.7 Å². The molecule has 2 heterocycles. The van der Waals surface area contributed by atoms with Gasteiger partial charge in [-0.3, -0.25) is 9.20 Å². The van der Waals surface area contributed by atoms with Gasteiger partial charge in [0.25, 0.3) is 5.56 Å². The van der Waals surface area contributed by atoms with E-state index in [1.54, 1.807) is 22.6 Å². The monoisotopic (exact) mass is 314 g/mol. The van der Waals surface area contributed by atoms with Crippen LogP contribution in [0.3, 0.4) is 0 Å². The van der Waals surface area contributed by atoms with Crippen LogP contribution in [0.2, 0.25) is 0 Å². The summed E-state index contributed by atoms with van der Waals surface area (Å²) in [5, 5.41) is 2.33. The molecular weight excluding hydrogens is 296 g/mol. The van der Waals surface area contributed by atoms with Crippen molar-refractivity contribution in [2.75, 3.05) is 0 Å². The molecule has 0 fully saturated rings. The van der Waals surface area contributed by atoms with Crippen molar-refractivity contribution >= 4 is 40.7 Å². The number of hydrogen-bond donors (Lipinski definition) is 0. The van der Waals surface area contributed by atoms with Gasteiger partial charge in [-0.25, -0.2) is 4.98 Å². The van der Waals surface area contributed by atoms with E-state index in [1.807, 2.05) is 43.4 Å². The van der Waals surface area contributed by atoms with Gasteiger partial charge in [0, 0.05) is 16.0 Å². The summed E-state index contributed by atoms with van der Waals surface area (Å²) in [5.41, 5.74) is 2.81. The first kappa shape index (κ1) is 15.7. The van der Waals surface area contributed by atoms with E-state index in [0.717, 1.165) is 21.9 Å². The molecular formula is C21H18N2O. The second kappa shape index (κ2) is 6.13.